The molecule has 1 aromatic heterocycles. The normalized spacial score (nSPS) is 25.4. The van der Waals surface area contributed by atoms with Crippen LogP contribution in [0.15, 0.2) is 0 Å². The smallest absolute Gasteiger partial charge is 0.130 e. The van der Waals surface area contributed by atoms with Gasteiger partial charge in [0.1, 0.15) is 5.82 Å². The maximum Gasteiger partial charge on any atom is 0.130 e. The third-order valence-corrected chi connectivity index (χ3v) is 4.96. The van der Waals surface area contributed by atoms with Gasteiger partial charge in [-0.05, 0) is 40.7 Å². The van der Waals surface area contributed by atoms with E-state index in [0.717, 1.165) is 31.6 Å². The second-order valence-electron chi connectivity index (χ2n) is 6.65. The first-order valence-corrected chi connectivity index (χ1v) is 8.10. The number of aryl methyl sites for hydroxylation is 2. The molecule has 0 radical (unpaired) electrons. The number of piperazine rings is 1. The number of rotatable bonds is 4. The summed E-state index contributed by atoms with van der Waals surface area (Å²) in [4.78, 5) is 4.95. The molecule has 0 aliphatic carbocycles. The van der Waals surface area contributed by atoms with Crippen LogP contribution < -0.4 is 10.6 Å². The van der Waals surface area contributed by atoms with E-state index >= 15 is 0 Å². The molecule has 0 spiro atoms. The van der Waals surface area contributed by atoms with Crippen molar-refractivity contribution in [2.75, 3.05) is 25.0 Å². The standard InChI is InChI=1S/C16H31N5/c1-7-14(17)8-15-13(4)18-20(6)16(15)21-9-11(2)19(5)12(3)10-21/h11-12,14H,7-10,17H2,1-6H3. The maximum atomic E-state index is 6.19. The molecule has 0 bridgehead atoms. The summed E-state index contributed by atoms with van der Waals surface area (Å²) < 4.78 is 2.04. The molecule has 0 saturated carbocycles. The maximum absolute atomic E-state index is 6.19. The first-order chi connectivity index (χ1) is 9.85. The van der Waals surface area contributed by atoms with Gasteiger partial charge in [0.15, 0.2) is 0 Å². The molecule has 3 unspecified atom stereocenters. The lowest BCUT2D eigenvalue weighted by molar-refractivity contribution is 0.169. The molecular weight excluding hydrogens is 262 g/mol. The lowest BCUT2D eigenvalue weighted by atomic mass is 10.0. The number of hydrogen-bond acceptors (Lipinski definition) is 4. The summed E-state index contributed by atoms with van der Waals surface area (Å²) in [5.41, 5.74) is 8.64. The Bertz CT molecular complexity index is 469. The fourth-order valence-corrected chi connectivity index (χ4v) is 3.31. The third-order valence-electron chi connectivity index (χ3n) is 4.96. The highest BCUT2D eigenvalue weighted by Gasteiger charge is 2.30. The lowest BCUT2D eigenvalue weighted by Gasteiger charge is -2.43. The summed E-state index contributed by atoms with van der Waals surface area (Å²) in [5.74, 6) is 1.27. The molecule has 2 heterocycles. The van der Waals surface area contributed by atoms with Gasteiger partial charge in [0, 0.05) is 43.8 Å². The van der Waals surface area contributed by atoms with Gasteiger partial charge in [-0.1, -0.05) is 6.92 Å². The third kappa shape index (κ3) is 3.24. The van der Waals surface area contributed by atoms with Crippen molar-refractivity contribution in [3.8, 4) is 0 Å². The van der Waals surface area contributed by atoms with Crippen LogP contribution in [0.2, 0.25) is 0 Å². The van der Waals surface area contributed by atoms with E-state index in [-0.39, 0.29) is 6.04 Å². The molecular formula is C16H31N5. The highest BCUT2D eigenvalue weighted by molar-refractivity contribution is 5.51. The van der Waals surface area contributed by atoms with Crippen molar-refractivity contribution in [1.82, 2.24) is 14.7 Å². The Labute approximate surface area is 129 Å². The number of nitrogens with zero attached hydrogens (tertiary/aromatic N) is 4. The summed E-state index contributed by atoms with van der Waals surface area (Å²) in [7, 11) is 4.27. The molecule has 3 atom stereocenters. The second-order valence-corrected chi connectivity index (χ2v) is 6.65. The van der Waals surface area contributed by atoms with Crippen LogP contribution in [0.4, 0.5) is 5.82 Å². The van der Waals surface area contributed by atoms with Crippen molar-refractivity contribution in [1.29, 1.82) is 0 Å². The molecule has 1 aromatic rings. The van der Waals surface area contributed by atoms with Crippen molar-refractivity contribution in [3.05, 3.63) is 11.3 Å². The van der Waals surface area contributed by atoms with Crippen molar-refractivity contribution >= 4 is 5.82 Å². The van der Waals surface area contributed by atoms with Crippen molar-refractivity contribution in [2.24, 2.45) is 12.8 Å². The average molecular weight is 293 g/mol. The minimum atomic E-state index is 0.217. The largest absolute Gasteiger partial charge is 0.353 e. The number of hydrogen-bond donors (Lipinski definition) is 1. The van der Waals surface area contributed by atoms with Crippen LogP contribution in [0.5, 0.6) is 0 Å². The summed E-state index contributed by atoms with van der Waals surface area (Å²) in [6.07, 6.45) is 1.92. The van der Waals surface area contributed by atoms with Crippen LogP contribution in [0.25, 0.3) is 0 Å². The number of nitrogens with two attached hydrogens (primary N) is 1. The van der Waals surface area contributed by atoms with E-state index in [1.807, 2.05) is 4.68 Å². The minimum Gasteiger partial charge on any atom is -0.353 e. The van der Waals surface area contributed by atoms with Crippen LogP contribution >= 0.6 is 0 Å². The van der Waals surface area contributed by atoms with Crippen LogP contribution in [0.3, 0.4) is 0 Å². The summed E-state index contributed by atoms with van der Waals surface area (Å²) in [6.45, 7) is 10.9. The zero-order valence-electron chi connectivity index (χ0n) is 14.4. The van der Waals surface area contributed by atoms with Crippen LogP contribution in [-0.4, -0.2) is 52.9 Å². The number of anilines is 1. The minimum absolute atomic E-state index is 0.217. The van der Waals surface area contributed by atoms with E-state index in [1.54, 1.807) is 0 Å². The van der Waals surface area contributed by atoms with E-state index in [0.29, 0.717) is 12.1 Å². The summed E-state index contributed by atoms with van der Waals surface area (Å²) in [6, 6.07) is 1.32. The van der Waals surface area contributed by atoms with E-state index in [4.69, 9.17) is 5.73 Å². The highest BCUT2D eigenvalue weighted by Crippen LogP contribution is 2.28. The highest BCUT2D eigenvalue weighted by atomic mass is 15.4. The molecule has 5 heteroatoms. The van der Waals surface area contributed by atoms with Crippen LogP contribution in [0.1, 0.15) is 38.4 Å². The van der Waals surface area contributed by atoms with E-state index < -0.39 is 0 Å². The molecule has 2 rings (SSSR count). The van der Waals surface area contributed by atoms with Crippen molar-refractivity contribution in [3.63, 3.8) is 0 Å². The summed E-state index contributed by atoms with van der Waals surface area (Å²) in [5, 5.41) is 4.65. The first kappa shape index (κ1) is 16.3. The average Bonchev–Trinajstić information content (AvgIpc) is 2.70. The number of aromatic nitrogens is 2. The number of likely N-dealkylation sites (N-methyl/N-ethyl adjacent to an activating group) is 1. The van der Waals surface area contributed by atoms with Gasteiger partial charge >= 0.3 is 0 Å². The van der Waals surface area contributed by atoms with E-state index in [2.05, 4.69) is 56.7 Å². The molecule has 1 saturated heterocycles. The van der Waals surface area contributed by atoms with Crippen molar-refractivity contribution < 1.29 is 0 Å². The van der Waals surface area contributed by atoms with Crippen LogP contribution in [0, 0.1) is 6.92 Å². The van der Waals surface area contributed by atoms with Gasteiger partial charge in [-0.25, -0.2) is 0 Å². The Morgan fingerprint density at radius 1 is 1.24 bits per heavy atom. The van der Waals surface area contributed by atoms with Crippen LogP contribution in [-0.2, 0) is 13.5 Å². The molecule has 1 aliphatic heterocycles. The quantitative estimate of drug-likeness (QED) is 0.915. The fraction of sp³-hybridized carbons (Fsp3) is 0.812. The van der Waals surface area contributed by atoms with Gasteiger partial charge in [-0.15, -0.1) is 0 Å². The Morgan fingerprint density at radius 2 is 1.81 bits per heavy atom. The predicted molar refractivity (Wildman–Crippen MR) is 88.8 cm³/mol. The van der Waals surface area contributed by atoms with E-state index in [1.165, 1.54) is 11.4 Å². The monoisotopic (exact) mass is 293 g/mol. The molecule has 1 fully saturated rings. The van der Waals surface area contributed by atoms with Gasteiger partial charge in [-0.2, -0.15) is 5.10 Å². The Hall–Kier alpha value is -1.07. The van der Waals surface area contributed by atoms with Gasteiger partial charge in [0.2, 0.25) is 0 Å². The Morgan fingerprint density at radius 3 is 2.33 bits per heavy atom. The molecule has 0 amide bonds. The molecule has 120 valence electrons. The molecule has 21 heavy (non-hydrogen) atoms. The fourth-order valence-electron chi connectivity index (χ4n) is 3.31. The molecule has 0 aromatic carbocycles. The molecule has 1 aliphatic rings. The SMILES string of the molecule is CCC(N)Cc1c(C)nn(C)c1N1CC(C)N(C)C(C)C1. The topological polar surface area (TPSA) is 50.3 Å². The van der Waals surface area contributed by atoms with Gasteiger partial charge in [0.25, 0.3) is 0 Å². The van der Waals surface area contributed by atoms with E-state index in [9.17, 15) is 0 Å². The Balaban J connectivity index is 2.30. The van der Waals surface area contributed by atoms with Gasteiger partial charge < -0.3 is 10.6 Å². The predicted octanol–water partition coefficient (Wildman–Crippen LogP) is 1.54. The zero-order chi connectivity index (χ0) is 15.7. The second kappa shape index (κ2) is 6.36. The molecule has 2 N–H and O–H groups in total. The van der Waals surface area contributed by atoms with Gasteiger partial charge in [-0.3, -0.25) is 9.58 Å². The Kier molecular flexibility index (Phi) is 4.94. The lowest BCUT2D eigenvalue weighted by Crippen LogP contribution is -2.55. The first-order valence-electron chi connectivity index (χ1n) is 8.10. The molecule has 5 nitrogen and oxygen atoms in total. The zero-order valence-corrected chi connectivity index (χ0v) is 14.4. The summed E-state index contributed by atoms with van der Waals surface area (Å²) >= 11 is 0. The van der Waals surface area contributed by atoms with Gasteiger partial charge in [0.05, 0.1) is 5.69 Å². The van der Waals surface area contributed by atoms with Crippen molar-refractivity contribution in [2.45, 2.75) is 58.7 Å².